The molecule has 2 atom stereocenters. The molecule has 0 radical (unpaired) electrons. The lowest BCUT2D eigenvalue weighted by atomic mass is 9.77. The summed E-state index contributed by atoms with van der Waals surface area (Å²) in [7, 11) is 1.58. The smallest absolute Gasteiger partial charge is 0.335 e. The highest BCUT2D eigenvalue weighted by molar-refractivity contribution is 6.21. The molecule has 1 aliphatic heterocycles. The van der Waals surface area contributed by atoms with E-state index in [1.165, 1.54) is 13.8 Å². The Labute approximate surface area is 232 Å². The fourth-order valence-corrected chi connectivity index (χ4v) is 4.80. The average molecular weight is 564 g/mol. The predicted octanol–water partition coefficient (Wildman–Crippen LogP) is 2.32. The van der Waals surface area contributed by atoms with Gasteiger partial charge in [-0.3, -0.25) is 14.4 Å². The third-order valence-electron chi connectivity index (χ3n) is 7.27. The van der Waals surface area contributed by atoms with Gasteiger partial charge in [-0.05, 0) is 62.8 Å². The van der Waals surface area contributed by atoms with Crippen LogP contribution < -0.4 is 10.1 Å². The molecule has 0 spiro atoms. The Bertz CT molecular complexity index is 1100. The molecule has 1 aliphatic rings. The minimum absolute atomic E-state index is 0.103. The highest BCUT2D eigenvalue weighted by Crippen LogP contribution is 2.39. The topological polar surface area (TPSA) is 191 Å². The number of methoxy groups -OCH3 is 1. The summed E-state index contributed by atoms with van der Waals surface area (Å²) in [5.74, 6) is -5.76. The maximum atomic E-state index is 13.5. The van der Waals surface area contributed by atoms with E-state index in [0.717, 1.165) is 11.3 Å². The van der Waals surface area contributed by atoms with E-state index in [0.29, 0.717) is 35.7 Å². The quantitative estimate of drug-likeness (QED) is 0.161. The number of barbiturate groups is 1. The maximum Gasteiger partial charge on any atom is 0.335 e. The number of aliphatic carboxylic acids is 3. The zero-order chi connectivity index (χ0) is 30.0. The Balaban J connectivity index is 2.21. The molecule has 40 heavy (non-hydrogen) atoms. The van der Waals surface area contributed by atoms with Crippen molar-refractivity contribution in [1.29, 1.82) is 0 Å². The lowest BCUT2D eigenvalue weighted by Gasteiger charge is -2.46. The van der Waals surface area contributed by atoms with Crippen molar-refractivity contribution in [3.05, 3.63) is 29.8 Å². The summed E-state index contributed by atoms with van der Waals surface area (Å²) in [4.78, 5) is 76.7. The van der Waals surface area contributed by atoms with Crippen LogP contribution in [0.2, 0.25) is 0 Å². The molecule has 1 heterocycles. The van der Waals surface area contributed by atoms with E-state index in [1.807, 2.05) is 24.3 Å². The van der Waals surface area contributed by atoms with Gasteiger partial charge in [-0.1, -0.05) is 26.0 Å². The van der Waals surface area contributed by atoms with Crippen LogP contribution in [0.1, 0.15) is 64.4 Å². The summed E-state index contributed by atoms with van der Waals surface area (Å²) >= 11 is 0. The summed E-state index contributed by atoms with van der Waals surface area (Å²) < 4.78 is 5.12. The number of urea groups is 1. The predicted molar refractivity (Wildman–Crippen MR) is 140 cm³/mol. The third-order valence-corrected chi connectivity index (χ3v) is 7.27. The summed E-state index contributed by atoms with van der Waals surface area (Å²) in [5.41, 5.74) is -0.830. The minimum Gasteiger partial charge on any atom is -0.497 e. The second kappa shape index (κ2) is 14.4. The van der Waals surface area contributed by atoms with Crippen LogP contribution in [0.25, 0.3) is 0 Å². The van der Waals surface area contributed by atoms with Gasteiger partial charge in [0.25, 0.3) is 0 Å². The number of amides is 4. The van der Waals surface area contributed by atoms with Gasteiger partial charge in [-0.25, -0.2) is 24.2 Å². The first-order valence-corrected chi connectivity index (χ1v) is 13.2. The molecule has 220 valence electrons. The van der Waals surface area contributed by atoms with Gasteiger partial charge in [0.1, 0.15) is 23.2 Å². The number of carboxylic acid groups (broad SMARTS) is 3. The standard InChI is InChI=1S/C27H37N3O10/c1-4-27(5-2)24(37)29(26(39)30(25(27)38)20(23(35)36)13-14-21(31)32)19(22(33)34)8-6-7-15-28-16-17-9-11-18(40-3)12-10-17/h9-12,19-20,28H,4-8,13-16H2,1-3H3,(H,31,32)(H,33,34)(H,35,36)/t19?,20-/m0/s1. The average Bonchev–Trinajstić information content (AvgIpc) is 2.91. The van der Waals surface area contributed by atoms with Gasteiger partial charge >= 0.3 is 23.9 Å². The number of carboxylic acids is 3. The summed E-state index contributed by atoms with van der Waals surface area (Å²) in [6.07, 6.45) is -0.741. The fraction of sp³-hybridized carbons (Fsp3) is 0.556. The van der Waals surface area contributed by atoms with E-state index in [9.17, 15) is 39.0 Å². The van der Waals surface area contributed by atoms with Crippen LogP contribution in [0, 0.1) is 5.41 Å². The second-order valence-electron chi connectivity index (χ2n) is 9.58. The number of hydrogen-bond acceptors (Lipinski definition) is 8. The molecule has 13 nitrogen and oxygen atoms in total. The van der Waals surface area contributed by atoms with Gasteiger partial charge in [-0.2, -0.15) is 0 Å². The highest BCUT2D eigenvalue weighted by atomic mass is 16.5. The number of benzene rings is 1. The van der Waals surface area contributed by atoms with E-state index < -0.39 is 66.1 Å². The SMILES string of the molecule is CCC1(CC)C(=O)N(C(CCCCNCc2ccc(OC)cc2)C(=O)O)C(=O)N([C@@H](CCC(=O)O)C(=O)O)C1=O. The van der Waals surface area contributed by atoms with E-state index in [2.05, 4.69) is 5.32 Å². The number of carbonyl (C=O) groups excluding carboxylic acids is 3. The van der Waals surface area contributed by atoms with Gasteiger partial charge in [-0.15, -0.1) is 0 Å². The van der Waals surface area contributed by atoms with E-state index in [1.54, 1.807) is 7.11 Å². The van der Waals surface area contributed by atoms with Gasteiger partial charge in [0.2, 0.25) is 11.8 Å². The molecule has 4 amide bonds. The third kappa shape index (κ3) is 7.14. The Morgan fingerprint density at radius 3 is 1.85 bits per heavy atom. The molecule has 4 N–H and O–H groups in total. The van der Waals surface area contributed by atoms with Crippen LogP contribution in [-0.2, 0) is 30.5 Å². The Kier molecular flexibility index (Phi) is 11.6. The molecule has 0 bridgehead atoms. The number of carbonyl (C=O) groups is 6. The summed E-state index contributed by atoms with van der Waals surface area (Å²) in [6, 6.07) is 2.60. The second-order valence-corrected chi connectivity index (χ2v) is 9.58. The van der Waals surface area contributed by atoms with Gasteiger partial charge in [0.05, 0.1) is 7.11 Å². The molecular weight excluding hydrogens is 526 g/mol. The van der Waals surface area contributed by atoms with Crippen molar-refractivity contribution in [3.63, 3.8) is 0 Å². The van der Waals surface area contributed by atoms with Crippen LogP contribution in [0.4, 0.5) is 4.79 Å². The molecule has 2 rings (SSSR count). The molecule has 1 aromatic rings. The zero-order valence-electron chi connectivity index (χ0n) is 22.9. The van der Waals surface area contributed by atoms with Gasteiger partial charge in [0.15, 0.2) is 0 Å². The van der Waals surface area contributed by atoms with Crippen molar-refractivity contribution < 1.29 is 48.8 Å². The molecule has 13 heteroatoms. The van der Waals surface area contributed by atoms with Crippen LogP contribution in [0.3, 0.4) is 0 Å². The van der Waals surface area contributed by atoms with Crippen LogP contribution >= 0.6 is 0 Å². The van der Waals surface area contributed by atoms with Gasteiger partial charge in [0, 0.05) is 13.0 Å². The number of imide groups is 2. The summed E-state index contributed by atoms with van der Waals surface area (Å²) in [5, 5.41) is 32.0. The van der Waals surface area contributed by atoms with Crippen molar-refractivity contribution in [2.45, 2.75) is 77.4 Å². The number of nitrogens with zero attached hydrogens (tertiary/aromatic N) is 2. The zero-order valence-corrected chi connectivity index (χ0v) is 22.9. The lowest BCUT2D eigenvalue weighted by molar-refractivity contribution is -0.170. The molecule has 1 aromatic carbocycles. The minimum atomic E-state index is -1.87. The van der Waals surface area contributed by atoms with Crippen LogP contribution in [-0.4, -0.2) is 86.6 Å². The van der Waals surface area contributed by atoms with Crippen molar-refractivity contribution in [3.8, 4) is 5.75 Å². The molecule has 1 unspecified atom stereocenters. The van der Waals surface area contributed by atoms with Crippen LogP contribution in [0.5, 0.6) is 5.75 Å². The normalized spacial score (nSPS) is 16.5. The molecule has 0 aliphatic carbocycles. The Morgan fingerprint density at radius 1 is 0.875 bits per heavy atom. The first-order valence-electron chi connectivity index (χ1n) is 13.2. The molecule has 1 saturated heterocycles. The van der Waals surface area contributed by atoms with E-state index in [4.69, 9.17) is 9.84 Å². The lowest BCUT2D eigenvalue weighted by Crippen LogP contribution is -2.70. The number of rotatable bonds is 17. The number of nitrogens with one attached hydrogen (secondary N) is 1. The first kappa shape index (κ1) is 32.2. The maximum absolute atomic E-state index is 13.5. The molecule has 0 aromatic heterocycles. The molecule has 0 saturated carbocycles. The first-order chi connectivity index (χ1) is 18.9. The highest BCUT2D eigenvalue weighted by Gasteiger charge is 2.59. The van der Waals surface area contributed by atoms with Crippen molar-refractivity contribution in [1.82, 2.24) is 15.1 Å². The Hall–Kier alpha value is -4.00. The van der Waals surface area contributed by atoms with E-state index >= 15 is 0 Å². The largest absolute Gasteiger partial charge is 0.497 e. The number of unbranched alkanes of at least 4 members (excludes halogenated alkanes) is 1. The molecule has 1 fully saturated rings. The van der Waals surface area contributed by atoms with Crippen molar-refractivity contribution >= 4 is 35.8 Å². The fourth-order valence-electron chi connectivity index (χ4n) is 4.80. The number of hydrogen-bond donors (Lipinski definition) is 4. The molecular formula is C27H37N3O10. The van der Waals surface area contributed by atoms with Gasteiger partial charge < -0.3 is 25.4 Å². The summed E-state index contributed by atoms with van der Waals surface area (Å²) in [6.45, 7) is 4.12. The monoisotopic (exact) mass is 563 g/mol. The number of ether oxygens (including phenoxy) is 1. The van der Waals surface area contributed by atoms with Crippen molar-refractivity contribution in [2.24, 2.45) is 5.41 Å². The van der Waals surface area contributed by atoms with Crippen molar-refractivity contribution in [2.75, 3.05) is 13.7 Å². The van der Waals surface area contributed by atoms with E-state index in [-0.39, 0.29) is 19.3 Å². The Morgan fingerprint density at radius 2 is 1.40 bits per heavy atom. The van der Waals surface area contributed by atoms with Crippen LogP contribution in [0.15, 0.2) is 24.3 Å².